The van der Waals surface area contributed by atoms with Crippen LogP contribution >= 0.6 is 0 Å². The van der Waals surface area contributed by atoms with E-state index in [2.05, 4.69) is 58.3 Å². The lowest BCUT2D eigenvalue weighted by atomic mass is 10.0. The Bertz CT molecular complexity index is 629. The molecule has 0 bridgehead atoms. The maximum absolute atomic E-state index is 2.63. The molecule has 4 rings (SSSR count). The minimum absolute atomic E-state index is 1.18. The lowest BCUT2D eigenvalue weighted by Crippen LogP contribution is -2.31. The van der Waals surface area contributed by atoms with Crippen molar-refractivity contribution in [2.24, 2.45) is 0 Å². The summed E-state index contributed by atoms with van der Waals surface area (Å²) in [4.78, 5) is 5.25. The van der Waals surface area contributed by atoms with Gasteiger partial charge in [-0.15, -0.1) is 0 Å². The molecule has 0 radical (unpaired) electrons. The maximum Gasteiger partial charge on any atom is 0.00218 e. The van der Waals surface area contributed by atoms with E-state index in [1.807, 2.05) is 0 Å². The first-order valence-electron chi connectivity index (χ1n) is 11.5. The normalized spacial score (nSPS) is 19.0. The minimum Gasteiger partial charge on any atom is -0.303 e. The van der Waals surface area contributed by atoms with Gasteiger partial charge in [-0.3, -0.25) is 0 Å². The van der Waals surface area contributed by atoms with Gasteiger partial charge in [-0.2, -0.15) is 0 Å². The Balaban J connectivity index is 1.27. The van der Waals surface area contributed by atoms with Crippen LogP contribution in [0.15, 0.2) is 48.5 Å². The second-order valence-corrected chi connectivity index (χ2v) is 8.70. The molecule has 2 nitrogen and oxygen atoms in total. The largest absolute Gasteiger partial charge is 0.303 e. The average molecular weight is 377 g/mol. The van der Waals surface area contributed by atoms with Crippen LogP contribution in [0.3, 0.4) is 0 Å². The van der Waals surface area contributed by atoms with E-state index in [4.69, 9.17) is 0 Å². The quantitative estimate of drug-likeness (QED) is 0.637. The minimum atomic E-state index is 1.18. The van der Waals surface area contributed by atoms with Crippen LogP contribution < -0.4 is 0 Å². The van der Waals surface area contributed by atoms with Gasteiger partial charge in [0.1, 0.15) is 0 Å². The molecule has 0 amide bonds. The van der Waals surface area contributed by atoms with Gasteiger partial charge in [0.05, 0.1) is 0 Å². The van der Waals surface area contributed by atoms with E-state index >= 15 is 0 Å². The number of nitrogens with zero attached hydrogens (tertiary/aromatic N) is 2. The van der Waals surface area contributed by atoms with Crippen molar-refractivity contribution >= 4 is 0 Å². The van der Waals surface area contributed by atoms with E-state index < -0.39 is 0 Å². The lowest BCUT2D eigenvalue weighted by Gasteiger charge is -2.26. The highest BCUT2D eigenvalue weighted by molar-refractivity contribution is 5.64. The number of likely N-dealkylation sites (tertiary alicyclic amines) is 2. The van der Waals surface area contributed by atoms with E-state index in [-0.39, 0.29) is 0 Å². The number of benzene rings is 2. The molecule has 0 spiro atoms. The first-order valence-corrected chi connectivity index (χ1v) is 11.5. The van der Waals surface area contributed by atoms with Crippen molar-refractivity contribution in [3.63, 3.8) is 0 Å². The van der Waals surface area contributed by atoms with Gasteiger partial charge in [0, 0.05) is 13.1 Å². The summed E-state index contributed by atoms with van der Waals surface area (Å²) in [5, 5.41) is 0. The highest BCUT2D eigenvalue weighted by Crippen LogP contribution is 2.21. The van der Waals surface area contributed by atoms with Crippen molar-refractivity contribution in [2.75, 3.05) is 39.3 Å². The van der Waals surface area contributed by atoms with E-state index in [1.54, 1.807) is 0 Å². The molecule has 2 heteroatoms. The molecule has 0 unspecified atom stereocenters. The van der Waals surface area contributed by atoms with Crippen LogP contribution in [0.2, 0.25) is 0 Å². The predicted molar refractivity (Wildman–Crippen MR) is 120 cm³/mol. The summed E-state index contributed by atoms with van der Waals surface area (Å²) >= 11 is 0. The Labute approximate surface area is 171 Å². The topological polar surface area (TPSA) is 6.48 Å². The maximum atomic E-state index is 2.63. The van der Waals surface area contributed by atoms with Crippen LogP contribution in [0.5, 0.6) is 0 Å². The van der Waals surface area contributed by atoms with Crippen molar-refractivity contribution in [1.29, 1.82) is 0 Å². The zero-order valence-electron chi connectivity index (χ0n) is 17.4. The standard InChI is InChI=1S/C26H36N2/c1-3-17-27(18-4-1)21-15-23-7-11-25(12-8-23)26-13-9-24(10-14-26)16-22-28-19-5-2-6-20-28/h7-14H,1-6,15-22H2. The summed E-state index contributed by atoms with van der Waals surface area (Å²) in [6.45, 7) is 7.60. The third kappa shape index (κ3) is 5.68. The Morgan fingerprint density at radius 1 is 0.464 bits per heavy atom. The molecule has 0 saturated carbocycles. The molecule has 2 aromatic rings. The van der Waals surface area contributed by atoms with E-state index in [9.17, 15) is 0 Å². The molecule has 0 atom stereocenters. The summed E-state index contributed by atoms with van der Waals surface area (Å²) in [7, 11) is 0. The van der Waals surface area contributed by atoms with Gasteiger partial charge >= 0.3 is 0 Å². The monoisotopic (exact) mass is 376 g/mol. The van der Waals surface area contributed by atoms with Gasteiger partial charge in [0.2, 0.25) is 0 Å². The zero-order chi connectivity index (χ0) is 19.0. The predicted octanol–water partition coefficient (Wildman–Crippen LogP) is 5.41. The fraction of sp³-hybridized carbons (Fsp3) is 0.538. The first kappa shape index (κ1) is 19.7. The smallest absolute Gasteiger partial charge is 0.00218 e. The third-order valence-corrected chi connectivity index (χ3v) is 6.57. The van der Waals surface area contributed by atoms with Crippen LogP contribution in [-0.2, 0) is 12.8 Å². The SMILES string of the molecule is c1cc(-c2ccc(CCN3CCCCC3)cc2)ccc1CCN1CCCCC1. The molecule has 2 aliphatic heterocycles. The number of rotatable bonds is 7. The van der Waals surface area contributed by atoms with Crippen LogP contribution in [0.1, 0.15) is 49.7 Å². The highest BCUT2D eigenvalue weighted by Gasteiger charge is 2.10. The molecule has 2 fully saturated rings. The lowest BCUT2D eigenvalue weighted by molar-refractivity contribution is 0.231. The van der Waals surface area contributed by atoms with Gasteiger partial charge in [0.25, 0.3) is 0 Å². The summed E-state index contributed by atoms with van der Waals surface area (Å²) < 4.78 is 0. The molecule has 2 saturated heterocycles. The number of piperidine rings is 2. The molecule has 150 valence electrons. The first-order chi connectivity index (χ1) is 13.9. The zero-order valence-corrected chi connectivity index (χ0v) is 17.4. The summed E-state index contributed by atoms with van der Waals surface area (Å²) in [5.74, 6) is 0. The molecule has 0 aromatic heterocycles. The Kier molecular flexibility index (Phi) is 7.18. The van der Waals surface area contributed by atoms with Crippen molar-refractivity contribution < 1.29 is 0 Å². The van der Waals surface area contributed by atoms with Crippen molar-refractivity contribution in [2.45, 2.75) is 51.4 Å². The van der Waals surface area contributed by atoms with E-state index in [1.165, 1.54) is 113 Å². The molecule has 0 aliphatic carbocycles. The number of hydrogen-bond donors (Lipinski definition) is 0. The second kappa shape index (κ2) is 10.2. The Morgan fingerprint density at radius 3 is 1.18 bits per heavy atom. The molecular weight excluding hydrogens is 340 g/mol. The fourth-order valence-electron chi connectivity index (χ4n) is 4.67. The van der Waals surface area contributed by atoms with E-state index in [0.717, 1.165) is 0 Å². The Morgan fingerprint density at radius 2 is 0.821 bits per heavy atom. The van der Waals surface area contributed by atoms with Crippen molar-refractivity contribution in [3.05, 3.63) is 59.7 Å². The van der Waals surface area contributed by atoms with Crippen LogP contribution in [0, 0.1) is 0 Å². The van der Waals surface area contributed by atoms with Gasteiger partial charge in [0.15, 0.2) is 0 Å². The van der Waals surface area contributed by atoms with Crippen LogP contribution in [0.25, 0.3) is 11.1 Å². The van der Waals surface area contributed by atoms with Crippen molar-refractivity contribution in [3.8, 4) is 11.1 Å². The number of hydrogen-bond acceptors (Lipinski definition) is 2. The summed E-state index contributed by atoms with van der Waals surface area (Å²) in [5.41, 5.74) is 5.61. The molecular formula is C26H36N2. The summed E-state index contributed by atoms with van der Waals surface area (Å²) in [6.07, 6.45) is 10.7. The second-order valence-electron chi connectivity index (χ2n) is 8.70. The van der Waals surface area contributed by atoms with Crippen LogP contribution in [0.4, 0.5) is 0 Å². The van der Waals surface area contributed by atoms with Gasteiger partial charge in [-0.25, -0.2) is 0 Å². The molecule has 2 aromatic carbocycles. The summed E-state index contributed by atoms with van der Waals surface area (Å²) in [6, 6.07) is 18.5. The highest BCUT2D eigenvalue weighted by atomic mass is 15.1. The van der Waals surface area contributed by atoms with E-state index in [0.29, 0.717) is 0 Å². The molecule has 0 N–H and O–H groups in total. The average Bonchev–Trinajstić information content (AvgIpc) is 2.78. The molecule has 28 heavy (non-hydrogen) atoms. The van der Waals surface area contributed by atoms with Gasteiger partial charge < -0.3 is 9.80 Å². The fourth-order valence-corrected chi connectivity index (χ4v) is 4.67. The van der Waals surface area contributed by atoms with Crippen LogP contribution in [-0.4, -0.2) is 49.1 Å². The van der Waals surface area contributed by atoms with Crippen molar-refractivity contribution in [1.82, 2.24) is 9.80 Å². The van der Waals surface area contributed by atoms with Gasteiger partial charge in [-0.1, -0.05) is 61.4 Å². The Hall–Kier alpha value is -1.64. The van der Waals surface area contributed by atoms with Gasteiger partial charge in [-0.05, 0) is 87.0 Å². The molecule has 2 aliphatic rings. The molecule has 2 heterocycles. The third-order valence-electron chi connectivity index (χ3n) is 6.57.